The number of hydrogen-bond acceptors (Lipinski definition) is 3. The zero-order valence-electron chi connectivity index (χ0n) is 4.96. The van der Waals surface area contributed by atoms with Crippen molar-refractivity contribution >= 4 is 12.4 Å². The van der Waals surface area contributed by atoms with Gasteiger partial charge in [-0.3, -0.25) is 0 Å². The molecule has 3 nitrogen and oxygen atoms in total. The Morgan fingerprint density at radius 2 is 2.56 bits per heavy atom. The second kappa shape index (κ2) is 1.77. The average Bonchev–Trinajstić information content (AvgIpc) is 2.33. The van der Waals surface area contributed by atoms with E-state index < -0.39 is 0 Å². The maximum atomic E-state index is 4.13. The Kier molecular flexibility index (Phi) is 0.960. The molecule has 0 unspecified atom stereocenters. The second-order valence-corrected chi connectivity index (χ2v) is 2.05. The third-order valence-corrected chi connectivity index (χ3v) is 1.45. The van der Waals surface area contributed by atoms with Crippen molar-refractivity contribution in [2.24, 2.45) is 4.99 Å². The summed E-state index contributed by atoms with van der Waals surface area (Å²) in [6.07, 6.45) is 3.46. The van der Waals surface area contributed by atoms with Crippen LogP contribution >= 0.6 is 0 Å². The minimum absolute atomic E-state index is 0.878. The Labute approximate surface area is 53.2 Å². The molecule has 2 heterocycles. The molecule has 0 aromatic heterocycles. The standard InChI is InChI=1S/C6H7N3/c1-2-9-6-4-7-3-5(6)8-1/h1-2,7H,3-4H2/q+1. The molecule has 0 aromatic rings. The van der Waals surface area contributed by atoms with E-state index in [0.717, 1.165) is 24.5 Å². The summed E-state index contributed by atoms with van der Waals surface area (Å²) in [6.45, 7) is 1.76. The third kappa shape index (κ3) is 0.695. The molecule has 2 rings (SSSR count). The van der Waals surface area contributed by atoms with Crippen molar-refractivity contribution in [2.45, 2.75) is 0 Å². The summed E-state index contributed by atoms with van der Waals surface area (Å²) in [5.41, 5.74) is 2.19. The van der Waals surface area contributed by atoms with Crippen molar-refractivity contribution in [3.63, 3.8) is 0 Å². The Bertz CT molecular complexity index is 190. The smallest absolute Gasteiger partial charge is 0.290 e. The van der Waals surface area contributed by atoms with Crippen LogP contribution in [0, 0.1) is 0 Å². The molecule has 1 radical (unpaired) electrons. The molecular weight excluding hydrogens is 114 g/mol. The van der Waals surface area contributed by atoms with Gasteiger partial charge in [0.25, 0.3) is 11.9 Å². The second-order valence-electron chi connectivity index (χ2n) is 2.05. The van der Waals surface area contributed by atoms with Gasteiger partial charge in [-0.25, -0.2) is 4.99 Å². The van der Waals surface area contributed by atoms with Gasteiger partial charge in [-0.15, -0.1) is 0 Å². The zero-order chi connectivity index (χ0) is 6.10. The largest absolute Gasteiger partial charge is 0.301 e. The van der Waals surface area contributed by atoms with Crippen molar-refractivity contribution < 1.29 is 0 Å². The SMILES string of the molecule is C1=NC2=C(CNC2)[N+]=C1. The van der Waals surface area contributed by atoms with E-state index >= 15 is 0 Å². The van der Waals surface area contributed by atoms with Gasteiger partial charge in [0.2, 0.25) is 0 Å². The fourth-order valence-electron chi connectivity index (χ4n) is 0.990. The molecule has 0 saturated heterocycles. The van der Waals surface area contributed by atoms with E-state index in [2.05, 4.69) is 15.3 Å². The van der Waals surface area contributed by atoms with Crippen molar-refractivity contribution in [2.75, 3.05) is 13.1 Å². The molecule has 9 heavy (non-hydrogen) atoms. The summed E-state index contributed by atoms with van der Waals surface area (Å²) >= 11 is 0. The van der Waals surface area contributed by atoms with Crippen LogP contribution in [-0.4, -0.2) is 25.5 Å². The lowest BCUT2D eigenvalue weighted by molar-refractivity contribution is 0.853. The Hall–Kier alpha value is -0.960. The van der Waals surface area contributed by atoms with Gasteiger partial charge in [0.05, 0.1) is 17.8 Å². The predicted molar refractivity (Wildman–Crippen MR) is 36.6 cm³/mol. The first kappa shape index (κ1) is 4.88. The number of aliphatic imine (C=N–C) groups is 2. The number of rotatable bonds is 0. The van der Waals surface area contributed by atoms with Gasteiger partial charge in [0.1, 0.15) is 5.70 Å². The van der Waals surface area contributed by atoms with Crippen LogP contribution in [0.1, 0.15) is 0 Å². The van der Waals surface area contributed by atoms with E-state index in [4.69, 9.17) is 0 Å². The molecular formula is C6H7N3+. The molecule has 0 saturated carbocycles. The first-order valence-corrected chi connectivity index (χ1v) is 2.96. The topological polar surface area (TPSA) is 38.5 Å². The minimum atomic E-state index is 0.878. The van der Waals surface area contributed by atoms with Gasteiger partial charge >= 0.3 is 0 Å². The molecule has 3 heteroatoms. The highest BCUT2D eigenvalue weighted by Gasteiger charge is 2.22. The molecule has 0 bridgehead atoms. The Balaban J connectivity index is 2.41. The van der Waals surface area contributed by atoms with E-state index in [9.17, 15) is 0 Å². The van der Waals surface area contributed by atoms with Gasteiger partial charge in [-0.2, -0.15) is 0 Å². The molecule has 2 aliphatic heterocycles. The molecule has 0 fully saturated rings. The fraction of sp³-hybridized carbons (Fsp3) is 0.333. The van der Waals surface area contributed by atoms with Crippen LogP contribution in [0.5, 0.6) is 0 Å². The van der Waals surface area contributed by atoms with E-state index in [-0.39, 0.29) is 0 Å². The van der Waals surface area contributed by atoms with Gasteiger partial charge < -0.3 is 5.32 Å². The zero-order valence-corrected chi connectivity index (χ0v) is 4.96. The first-order chi connectivity index (χ1) is 4.47. The van der Waals surface area contributed by atoms with E-state index in [0.29, 0.717) is 0 Å². The highest BCUT2D eigenvalue weighted by Crippen LogP contribution is 2.07. The molecule has 0 aromatic carbocycles. The van der Waals surface area contributed by atoms with E-state index in [1.807, 2.05) is 0 Å². The molecule has 0 atom stereocenters. The van der Waals surface area contributed by atoms with Crippen LogP contribution in [0.15, 0.2) is 16.4 Å². The maximum Gasteiger partial charge on any atom is 0.290 e. The lowest BCUT2D eigenvalue weighted by atomic mass is 10.4. The Morgan fingerprint density at radius 1 is 1.56 bits per heavy atom. The monoisotopic (exact) mass is 121 g/mol. The van der Waals surface area contributed by atoms with Gasteiger partial charge in [0.15, 0.2) is 0 Å². The molecule has 2 aliphatic rings. The summed E-state index contributed by atoms with van der Waals surface area (Å²) in [6, 6.07) is 0. The van der Waals surface area contributed by atoms with Crippen LogP contribution in [0.4, 0.5) is 0 Å². The van der Waals surface area contributed by atoms with Crippen molar-refractivity contribution in [3.05, 3.63) is 11.4 Å². The summed E-state index contributed by atoms with van der Waals surface area (Å²) in [5, 5.41) is 3.16. The summed E-state index contributed by atoms with van der Waals surface area (Å²) in [4.78, 5) is 8.27. The summed E-state index contributed by atoms with van der Waals surface area (Å²) in [5.74, 6) is 0. The van der Waals surface area contributed by atoms with Crippen LogP contribution in [0.3, 0.4) is 0 Å². The van der Waals surface area contributed by atoms with E-state index in [1.54, 1.807) is 12.4 Å². The highest BCUT2D eigenvalue weighted by molar-refractivity contribution is 6.16. The normalized spacial score (nSPS) is 23.1. The van der Waals surface area contributed by atoms with Gasteiger partial charge in [-0.1, -0.05) is 0 Å². The van der Waals surface area contributed by atoms with Crippen LogP contribution < -0.4 is 10.3 Å². The van der Waals surface area contributed by atoms with Crippen molar-refractivity contribution in [1.82, 2.24) is 10.3 Å². The van der Waals surface area contributed by atoms with Crippen molar-refractivity contribution in [3.8, 4) is 0 Å². The lowest BCUT2D eigenvalue weighted by Crippen LogP contribution is -2.09. The maximum absolute atomic E-state index is 4.13. The average molecular weight is 121 g/mol. The first-order valence-electron chi connectivity index (χ1n) is 2.96. The minimum Gasteiger partial charge on any atom is -0.301 e. The van der Waals surface area contributed by atoms with Crippen LogP contribution in [0.2, 0.25) is 0 Å². The molecule has 45 valence electrons. The summed E-state index contributed by atoms with van der Waals surface area (Å²) in [7, 11) is 0. The van der Waals surface area contributed by atoms with E-state index in [1.165, 1.54) is 0 Å². The number of nitrogens with one attached hydrogen (secondary N) is 1. The van der Waals surface area contributed by atoms with Gasteiger partial charge in [-0.05, 0) is 0 Å². The predicted octanol–water partition coefficient (Wildman–Crippen LogP) is -0.708. The fourth-order valence-corrected chi connectivity index (χ4v) is 0.990. The molecule has 0 aliphatic carbocycles. The lowest BCUT2D eigenvalue weighted by Gasteiger charge is -1.86. The Morgan fingerprint density at radius 3 is 3.44 bits per heavy atom. The van der Waals surface area contributed by atoms with Crippen LogP contribution in [-0.2, 0) is 0 Å². The van der Waals surface area contributed by atoms with Gasteiger partial charge in [0, 0.05) is 6.54 Å². The highest BCUT2D eigenvalue weighted by atomic mass is 15.0. The van der Waals surface area contributed by atoms with Crippen LogP contribution in [0.25, 0.3) is 0 Å². The number of nitrogens with zero attached hydrogens (tertiary/aromatic N) is 2. The molecule has 0 amide bonds. The summed E-state index contributed by atoms with van der Waals surface area (Å²) < 4.78 is 0. The molecule has 1 N–H and O–H groups in total. The number of hydrogen-bond donors (Lipinski definition) is 1. The molecule has 0 spiro atoms. The third-order valence-electron chi connectivity index (χ3n) is 1.45. The van der Waals surface area contributed by atoms with Crippen molar-refractivity contribution in [1.29, 1.82) is 0 Å². The quantitative estimate of drug-likeness (QED) is 0.452.